The number of fused-ring (bicyclic) bond motifs is 2. The van der Waals surface area contributed by atoms with Crippen LogP contribution in [-0.4, -0.2) is 19.3 Å². The maximum atomic E-state index is 14.7. The van der Waals surface area contributed by atoms with Crippen molar-refractivity contribution >= 4 is 27.5 Å². The third-order valence-corrected chi connectivity index (χ3v) is 7.01. The maximum absolute atomic E-state index is 14.7. The van der Waals surface area contributed by atoms with Crippen LogP contribution in [0, 0.1) is 18.3 Å². The van der Waals surface area contributed by atoms with E-state index in [-0.39, 0.29) is 5.69 Å². The van der Waals surface area contributed by atoms with E-state index in [0.717, 1.165) is 50.7 Å². The normalized spacial score (nSPS) is 14.3. The second-order valence-electron chi connectivity index (χ2n) is 9.25. The summed E-state index contributed by atoms with van der Waals surface area (Å²) in [6, 6.07) is 13.1. The summed E-state index contributed by atoms with van der Waals surface area (Å²) in [6.07, 6.45) is 11.2. The zero-order chi connectivity index (χ0) is 23.2. The van der Waals surface area contributed by atoms with Crippen LogP contribution in [0.5, 0.6) is 0 Å². The van der Waals surface area contributed by atoms with E-state index >= 15 is 0 Å². The fourth-order valence-electron chi connectivity index (χ4n) is 5.35. The highest BCUT2D eigenvalue weighted by molar-refractivity contribution is 6.02. The Morgan fingerprint density at radius 1 is 1.09 bits per heavy atom. The van der Waals surface area contributed by atoms with Crippen molar-refractivity contribution in [3.8, 4) is 22.4 Å². The van der Waals surface area contributed by atoms with E-state index in [4.69, 9.17) is 11.6 Å². The van der Waals surface area contributed by atoms with Crippen molar-refractivity contribution in [1.82, 2.24) is 19.3 Å². The first kappa shape index (κ1) is 20.6. The van der Waals surface area contributed by atoms with Gasteiger partial charge in [-0.1, -0.05) is 31.0 Å². The number of rotatable bonds is 4. The molecule has 0 atom stereocenters. The van der Waals surface area contributed by atoms with Gasteiger partial charge in [0.2, 0.25) is 5.69 Å². The first-order valence-electron chi connectivity index (χ1n) is 11.7. The molecule has 34 heavy (non-hydrogen) atoms. The van der Waals surface area contributed by atoms with E-state index in [2.05, 4.69) is 32.8 Å². The van der Waals surface area contributed by atoms with Crippen molar-refractivity contribution < 1.29 is 4.39 Å². The van der Waals surface area contributed by atoms with Crippen LogP contribution in [-0.2, 0) is 13.6 Å². The molecule has 1 aliphatic carbocycles. The van der Waals surface area contributed by atoms with Gasteiger partial charge in [-0.3, -0.25) is 9.67 Å². The molecule has 0 bridgehead atoms. The Balaban J connectivity index is 1.56. The van der Waals surface area contributed by atoms with E-state index in [1.165, 1.54) is 31.7 Å². The van der Waals surface area contributed by atoms with Crippen molar-refractivity contribution in [2.24, 2.45) is 13.0 Å². The Morgan fingerprint density at radius 2 is 1.91 bits per heavy atom. The van der Waals surface area contributed by atoms with Crippen molar-refractivity contribution in [1.29, 1.82) is 0 Å². The molecular formula is C28H24FN5. The topological polar surface area (TPSA) is 40.0 Å². The Labute approximate surface area is 197 Å². The van der Waals surface area contributed by atoms with Crippen molar-refractivity contribution in [3.63, 3.8) is 0 Å². The highest BCUT2D eigenvalue weighted by atomic mass is 19.1. The van der Waals surface area contributed by atoms with E-state index in [0.29, 0.717) is 5.92 Å². The van der Waals surface area contributed by atoms with Crippen LogP contribution in [0.1, 0.15) is 25.7 Å². The molecule has 0 radical (unpaired) electrons. The van der Waals surface area contributed by atoms with Gasteiger partial charge in [-0.05, 0) is 48.6 Å². The van der Waals surface area contributed by atoms with Crippen LogP contribution in [0.25, 0.3) is 49.0 Å². The molecule has 1 aliphatic rings. The molecule has 3 aromatic heterocycles. The number of pyridine rings is 1. The predicted octanol–water partition coefficient (Wildman–Crippen LogP) is 7.14. The standard InChI is InChI=1S/C28H24FN5/c1-30-25-10-7-19(14-23(25)29)27-22-11-12-34(16-18-5-3-4-6-18)26(22)15-31-28(27)20-8-9-24-21(13-20)17-33(2)32-24/h7-15,17-18H,3-6,16H2,2H3. The molecule has 1 fully saturated rings. The van der Waals surface area contributed by atoms with Gasteiger partial charge in [-0.15, -0.1) is 0 Å². The molecule has 0 spiro atoms. The summed E-state index contributed by atoms with van der Waals surface area (Å²) >= 11 is 0. The molecule has 1 saturated carbocycles. The van der Waals surface area contributed by atoms with Crippen LogP contribution in [0.4, 0.5) is 10.1 Å². The van der Waals surface area contributed by atoms with E-state index < -0.39 is 5.82 Å². The first-order valence-corrected chi connectivity index (χ1v) is 11.7. The molecule has 6 rings (SSSR count). The van der Waals surface area contributed by atoms with Gasteiger partial charge in [-0.2, -0.15) is 5.10 Å². The summed E-state index contributed by atoms with van der Waals surface area (Å²) in [6.45, 7) is 8.20. The molecule has 5 nitrogen and oxygen atoms in total. The molecule has 2 aromatic carbocycles. The average Bonchev–Trinajstić information content (AvgIpc) is 3.58. The van der Waals surface area contributed by atoms with E-state index in [9.17, 15) is 4.39 Å². The molecular weight excluding hydrogens is 425 g/mol. The molecule has 0 saturated heterocycles. The molecule has 0 unspecified atom stereocenters. The Bertz CT molecular complexity index is 1580. The fourth-order valence-corrected chi connectivity index (χ4v) is 5.35. The third kappa shape index (κ3) is 3.45. The molecule has 0 aliphatic heterocycles. The zero-order valence-electron chi connectivity index (χ0n) is 19.0. The number of hydrogen-bond acceptors (Lipinski definition) is 2. The number of nitrogens with zero attached hydrogens (tertiary/aromatic N) is 5. The van der Waals surface area contributed by atoms with Crippen LogP contribution >= 0.6 is 0 Å². The molecule has 3 heterocycles. The minimum absolute atomic E-state index is 0.0287. The summed E-state index contributed by atoms with van der Waals surface area (Å²) in [4.78, 5) is 8.21. The predicted molar refractivity (Wildman–Crippen MR) is 133 cm³/mol. The van der Waals surface area contributed by atoms with Crippen LogP contribution in [0.15, 0.2) is 61.1 Å². The maximum Gasteiger partial charge on any atom is 0.222 e. The number of aromatic nitrogens is 4. The van der Waals surface area contributed by atoms with Gasteiger partial charge < -0.3 is 4.57 Å². The van der Waals surface area contributed by atoms with Crippen molar-refractivity contribution in [3.05, 3.63) is 78.3 Å². The van der Waals surface area contributed by atoms with Crippen LogP contribution in [0.3, 0.4) is 0 Å². The summed E-state index contributed by atoms with van der Waals surface area (Å²) in [5.41, 5.74) is 5.37. The largest absolute Gasteiger partial charge is 0.346 e. The lowest BCUT2D eigenvalue weighted by molar-refractivity contribution is 0.466. The minimum atomic E-state index is -0.511. The second kappa shape index (κ2) is 8.11. The van der Waals surface area contributed by atoms with Gasteiger partial charge in [-0.25, -0.2) is 9.24 Å². The number of aryl methyl sites for hydroxylation is 1. The van der Waals surface area contributed by atoms with Gasteiger partial charge in [0.1, 0.15) is 5.82 Å². The van der Waals surface area contributed by atoms with Crippen LogP contribution < -0.4 is 0 Å². The zero-order valence-corrected chi connectivity index (χ0v) is 19.0. The van der Waals surface area contributed by atoms with E-state index in [1.807, 2.05) is 37.6 Å². The Hall–Kier alpha value is -3.98. The van der Waals surface area contributed by atoms with E-state index in [1.54, 1.807) is 10.7 Å². The summed E-state index contributed by atoms with van der Waals surface area (Å²) in [7, 11) is 1.91. The van der Waals surface area contributed by atoms with Gasteiger partial charge >= 0.3 is 0 Å². The SMILES string of the molecule is [C-]#[N+]c1ccc(-c2c(-c3ccc4nn(C)cc4c3)ncc3c2ccn3CC2CCCC2)cc1F. The summed E-state index contributed by atoms with van der Waals surface area (Å²) in [5.74, 6) is 0.186. The molecule has 0 amide bonds. The van der Waals surface area contributed by atoms with Gasteiger partial charge in [0, 0.05) is 47.9 Å². The Kier molecular flexibility index (Phi) is 4.91. The fraction of sp³-hybridized carbons (Fsp3) is 0.250. The summed E-state index contributed by atoms with van der Waals surface area (Å²) < 4.78 is 18.8. The van der Waals surface area contributed by atoms with Gasteiger partial charge in [0.15, 0.2) is 0 Å². The molecule has 0 N–H and O–H groups in total. The first-order chi connectivity index (χ1) is 16.6. The lowest BCUT2D eigenvalue weighted by Crippen LogP contribution is -2.06. The van der Waals surface area contributed by atoms with Gasteiger partial charge in [0.25, 0.3) is 0 Å². The summed E-state index contributed by atoms with van der Waals surface area (Å²) in [5, 5.41) is 6.55. The lowest BCUT2D eigenvalue weighted by Gasteiger charge is -2.15. The van der Waals surface area contributed by atoms with Crippen LogP contribution in [0.2, 0.25) is 0 Å². The average molecular weight is 450 g/mol. The third-order valence-electron chi connectivity index (χ3n) is 7.01. The Morgan fingerprint density at radius 3 is 2.71 bits per heavy atom. The van der Waals surface area contributed by atoms with Crippen molar-refractivity contribution in [2.75, 3.05) is 0 Å². The minimum Gasteiger partial charge on any atom is -0.346 e. The number of hydrogen-bond donors (Lipinski definition) is 0. The second-order valence-corrected chi connectivity index (χ2v) is 9.25. The number of benzene rings is 2. The molecule has 5 aromatic rings. The highest BCUT2D eigenvalue weighted by Crippen LogP contribution is 2.39. The van der Waals surface area contributed by atoms with Crippen molar-refractivity contribution in [2.45, 2.75) is 32.2 Å². The smallest absolute Gasteiger partial charge is 0.222 e. The number of halogens is 1. The molecule has 6 heteroatoms. The lowest BCUT2D eigenvalue weighted by atomic mass is 9.95. The quantitative estimate of drug-likeness (QED) is 0.274. The molecule has 168 valence electrons. The van der Waals surface area contributed by atoms with Gasteiger partial charge in [0.05, 0.1) is 29.5 Å². The highest BCUT2D eigenvalue weighted by Gasteiger charge is 2.20. The monoisotopic (exact) mass is 449 g/mol.